The van der Waals surface area contributed by atoms with Crippen LogP contribution in [-0.4, -0.2) is 38.0 Å². The lowest BCUT2D eigenvalue weighted by atomic mass is 10.2. The molecule has 0 radical (unpaired) electrons. The highest BCUT2D eigenvalue weighted by atomic mass is 16.2. The molecule has 0 heterocycles. The third kappa shape index (κ3) is 12.5. The first-order valence-electron chi connectivity index (χ1n) is 10.8. The van der Waals surface area contributed by atoms with Gasteiger partial charge >= 0.3 is 0 Å². The van der Waals surface area contributed by atoms with Gasteiger partial charge in [-0.2, -0.15) is 0 Å². The number of nitrogens with one attached hydrogen (secondary N) is 4. The van der Waals surface area contributed by atoms with Crippen molar-refractivity contribution in [2.75, 3.05) is 36.8 Å². The van der Waals surface area contributed by atoms with Crippen LogP contribution in [0.15, 0.2) is 24.3 Å². The molecule has 28 heavy (non-hydrogen) atoms. The number of amides is 2. The fourth-order valence-corrected chi connectivity index (χ4v) is 2.84. The number of rotatable bonds is 16. The van der Waals surface area contributed by atoms with Crippen molar-refractivity contribution in [3.63, 3.8) is 0 Å². The molecule has 6 nitrogen and oxygen atoms in total. The number of hydrogen-bond acceptors (Lipinski definition) is 4. The lowest BCUT2D eigenvalue weighted by Crippen LogP contribution is -2.29. The van der Waals surface area contributed by atoms with E-state index in [-0.39, 0.29) is 11.8 Å². The molecule has 1 aromatic rings. The molecule has 1 aromatic carbocycles. The van der Waals surface area contributed by atoms with Crippen molar-refractivity contribution in [1.82, 2.24) is 10.6 Å². The number of unbranched alkanes of at least 4 members (excludes halogenated alkanes) is 6. The van der Waals surface area contributed by atoms with Crippen LogP contribution in [0.2, 0.25) is 0 Å². The van der Waals surface area contributed by atoms with Gasteiger partial charge in [-0.25, -0.2) is 0 Å². The third-order valence-electron chi connectivity index (χ3n) is 4.42. The van der Waals surface area contributed by atoms with Gasteiger partial charge in [-0.15, -0.1) is 0 Å². The monoisotopic (exact) mass is 390 g/mol. The molecule has 0 bridgehead atoms. The van der Waals surface area contributed by atoms with E-state index in [0.29, 0.717) is 24.5 Å². The maximum atomic E-state index is 12.0. The van der Waals surface area contributed by atoms with Gasteiger partial charge in [0.25, 0.3) is 0 Å². The Morgan fingerprint density at radius 2 is 1.18 bits per heavy atom. The topological polar surface area (TPSA) is 82.3 Å². The molecule has 0 aliphatic heterocycles. The zero-order valence-corrected chi connectivity index (χ0v) is 17.6. The van der Waals surface area contributed by atoms with Crippen molar-refractivity contribution < 1.29 is 9.59 Å². The van der Waals surface area contributed by atoms with E-state index in [1.807, 2.05) is 18.2 Å². The lowest BCUT2D eigenvalue weighted by Gasteiger charge is -2.10. The minimum Gasteiger partial charge on any atom is -0.325 e. The van der Waals surface area contributed by atoms with Gasteiger partial charge in [0.2, 0.25) is 11.8 Å². The summed E-state index contributed by atoms with van der Waals surface area (Å²) < 4.78 is 0. The molecule has 0 aliphatic rings. The molecule has 4 N–H and O–H groups in total. The molecule has 0 saturated heterocycles. The van der Waals surface area contributed by atoms with Crippen molar-refractivity contribution in [3.8, 4) is 0 Å². The summed E-state index contributed by atoms with van der Waals surface area (Å²) in [5.41, 5.74) is 1.37. The summed E-state index contributed by atoms with van der Waals surface area (Å²) in [4.78, 5) is 24.0. The van der Waals surface area contributed by atoms with E-state index >= 15 is 0 Å². The molecule has 0 aromatic heterocycles. The van der Waals surface area contributed by atoms with Gasteiger partial charge in [0.05, 0.1) is 13.1 Å². The largest absolute Gasteiger partial charge is 0.325 e. The Bertz CT molecular complexity index is 518. The molecule has 158 valence electrons. The van der Waals surface area contributed by atoms with Crippen LogP contribution in [0.3, 0.4) is 0 Å². The molecule has 0 aliphatic carbocycles. The van der Waals surface area contributed by atoms with Crippen LogP contribution in [0.5, 0.6) is 0 Å². The second-order valence-corrected chi connectivity index (χ2v) is 7.15. The summed E-state index contributed by atoms with van der Waals surface area (Å²) in [7, 11) is 0. The predicted octanol–water partition coefficient (Wildman–Crippen LogP) is 3.90. The Balaban J connectivity index is 2.25. The minimum atomic E-state index is -0.0762. The van der Waals surface area contributed by atoms with Crippen LogP contribution in [0, 0.1) is 0 Å². The van der Waals surface area contributed by atoms with Gasteiger partial charge in [0.15, 0.2) is 0 Å². The maximum absolute atomic E-state index is 12.0. The first kappa shape index (κ1) is 24.1. The van der Waals surface area contributed by atoms with E-state index in [9.17, 15) is 9.59 Å². The van der Waals surface area contributed by atoms with Crippen molar-refractivity contribution in [2.45, 2.75) is 65.2 Å². The Morgan fingerprint density at radius 3 is 1.61 bits per heavy atom. The van der Waals surface area contributed by atoms with Crippen LogP contribution < -0.4 is 21.3 Å². The molecule has 2 amide bonds. The summed E-state index contributed by atoms with van der Waals surface area (Å²) in [5, 5.41) is 12.0. The summed E-state index contributed by atoms with van der Waals surface area (Å²) >= 11 is 0. The van der Waals surface area contributed by atoms with E-state index < -0.39 is 0 Å². The Hall–Kier alpha value is -1.92. The normalized spacial score (nSPS) is 10.6. The smallest absolute Gasteiger partial charge is 0.238 e. The highest BCUT2D eigenvalue weighted by molar-refractivity contribution is 5.95. The van der Waals surface area contributed by atoms with Crippen molar-refractivity contribution in [2.24, 2.45) is 0 Å². The zero-order chi connectivity index (χ0) is 20.5. The number of carbonyl (C=O) groups is 2. The number of anilines is 2. The third-order valence-corrected chi connectivity index (χ3v) is 4.42. The van der Waals surface area contributed by atoms with Crippen LogP contribution in [0.4, 0.5) is 11.4 Å². The number of benzene rings is 1. The highest BCUT2D eigenvalue weighted by Crippen LogP contribution is 2.14. The summed E-state index contributed by atoms with van der Waals surface area (Å²) in [6.45, 7) is 6.67. The van der Waals surface area contributed by atoms with Gasteiger partial charge in [0, 0.05) is 11.4 Å². The quantitative estimate of drug-likeness (QED) is 0.323. The van der Waals surface area contributed by atoms with Gasteiger partial charge in [0.1, 0.15) is 0 Å². The predicted molar refractivity (Wildman–Crippen MR) is 118 cm³/mol. The Labute approximate surface area is 170 Å². The van der Waals surface area contributed by atoms with Gasteiger partial charge in [-0.3, -0.25) is 9.59 Å². The van der Waals surface area contributed by atoms with E-state index in [2.05, 4.69) is 35.1 Å². The maximum Gasteiger partial charge on any atom is 0.238 e. The first-order chi connectivity index (χ1) is 13.7. The number of hydrogen-bond donors (Lipinski definition) is 4. The first-order valence-corrected chi connectivity index (χ1v) is 10.8. The molecule has 0 unspecified atom stereocenters. The summed E-state index contributed by atoms with van der Waals surface area (Å²) in [6, 6.07) is 7.24. The summed E-state index contributed by atoms with van der Waals surface area (Å²) in [6.07, 6.45) is 9.47. The van der Waals surface area contributed by atoms with Gasteiger partial charge in [-0.05, 0) is 44.1 Å². The molecular formula is C22H38N4O2. The molecule has 0 atom stereocenters. The van der Waals surface area contributed by atoms with E-state index in [1.165, 1.54) is 38.5 Å². The second-order valence-electron chi connectivity index (χ2n) is 7.15. The Kier molecular flexibility index (Phi) is 13.8. The van der Waals surface area contributed by atoms with Crippen LogP contribution in [0.25, 0.3) is 0 Å². The van der Waals surface area contributed by atoms with E-state index in [0.717, 1.165) is 25.9 Å². The summed E-state index contributed by atoms with van der Waals surface area (Å²) in [5.74, 6) is -0.152. The fraction of sp³-hybridized carbons (Fsp3) is 0.636. The highest BCUT2D eigenvalue weighted by Gasteiger charge is 2.05. The molecule has 0 spiro atoms. The van der Waals surface area contributed by atoms with Crippen molar-refractivity contribution in [1.29, 1.82) is 0 Å². The zero-order valence-electron chi connectivity index (χ0n) is 17.6. The second kappa shape index (κ2) is 16.1. The number of carbonyl (C=O) groups excluding carboxylic acids is 2. The molecule has 0 saturated carbocycles. The molecule has 6 heteroatoms. The van der Waals surface area contributed by atoms with Gasteiger partial charge < -0.3 is 21.3 Å². The molecular weight excluding hydrogens is 352 g/mol. The van der Waals surface area contributed by atoms with Crippen LogP contribution in [0.1, 0.15) is 65.2 Å². The van der Waals surface area contributed by atoms with E-state index in [4.69, 9.17) is 0 Å². The average Bonchev–Trinajstić information content (AvgIpc) is 2.67. The standard InChI is InChI=1S/C22H38N4O2/c1-3-5-7-9-14-23-17-21(27)25-19-12-11-13-20(16-19)26-22(28)18-24-15-10-8-6-4-2/h11-13,16,23-24H,3-10,14-15,17-18H2,1-2H3,(H,25,27)(H,26,28). The van der Waals surface area contributed by atoms with Crippen molar-refractivity contribution in [3.05, 3.63) is 24.3 Å². The average molecular weight is 391 g/mol. The lowest BCUT2D eigenvalue weighted by molar-refractivity contribution is -0.116. The van der Waals surface area contributed by atoms with Crippen molar-refractivity contribution >= 4 is 23.2 Å². The van der Waals surface area contributed by atoms with E-state index in [1.54, 1.807) is 6.07 Å². The molecule has 0 fully saturated rings. The fourth-order valence-electron chi connectivity index (χ4n) is 2.84. The SMILES string of the molecule is CCCCCCNCC(=O)Nc1cccc(NC(=O)CNCCCCCC)c1. The molecule has 1 rings (SSSR count). The van der Waals surface area contributed by atoms with Crippen LogP contribution >= 0.6 is 0 Å². The minimum absolute atomic E-state index is 0.0762. The Morgan fingerprint density at radius 1 is 0.714 bits per heavy atom. The van der Waals surface area contributed by atoms with Crippen LogP contribution in [-0.2, 0) is 9.59 Å². The van der Waals surface area contributed by atoms with Gasteiger partial charge in [-0.1, -0.05) is 58.4 Å².